The summed E-state index contributed by atoms with van der Waals surface area (Å²) in [6, 6.07) is 16.9. The Morgan fingerprint density at radius 3 is 2.22 bits per heavy atom. The molecule has 2 aromatic rings. The molecule has 2 heterocycles. The van der Waals surface area contributed by atoms with Gasteiger partial charge in [0.1, 0.15) is 0 Å². The van der Waals surface area contributed by atoms with E-state index in [-0.39, 0.29) is 0 Å². The summed E-state index contributed by atoms with van der Waals surface area (Å²) in [6.45, 7) is 5.87. The van der Waals surface area contributed by atoms with E-state index in [0.29, 0.717) is 10.3 Å². The minimum Gasteiger partial charge on any atom is -0.371 e. The van der Waals surface area contributed by atoms with Crippen molar-refractivity contribution in [2.45, 2.75) is 68.1 Å². The van der Waals surface area contributed by atoms with Crippen molar-refractivity contribution in [2.75, 3.05) is 43.9 Å². The Balaban J connectivity index is 1.07. The second-order valence-corrected chi connectivity index (χ2v) is 14.2. The van der Waals surface area contributed by atoms with Crippen molar-refractivity contribution in [1.82, 2.24) is 4.90 Å². The van der Waals surface area contributed by atoms with Crippen molar-refractivity contribution in [3.63, 3.8) is 0 Å². The molecule has 2 aromatic carbocycles. The number of likely N-dealkylation sites (tertiary alicyclic amines) is 1. The van der Waals surface area contributed by atoms with Crippen molar-refractivity contribution in [3.05, 3.63) is 59.7 Å². The highest BCUT2D eigenvalue weighted by molar-refractivity contribution is 7.90. The van der Waals surface area contributed by atoms with E-state index in [1.165, 1.54) is 83.7 Å². The average Bonchev–Trinajstić information content (AvgIpc) is 3.41. The molecular formula is C31H42N2O2S. The highest BCUT2D eigenvalue weighted by Gasteiger charge is 2.49. The van der Waals surface area contributed by atoms with Crippen LogP contribution >= 0.6 is 0 Å². The van der Waals surface area contributed by atoms with E-state index in [9.17, 15) is 8.42 Å². The lowest BCUT2D eigenvalue weighted by molar-refractivity contribution is 0.0648. The molecule has 5 heteroatoms. The Bertz CT molecular complexity index is 1160. The second-order valence-electron chi connectivity index (χ2n) is 12.1. The predicted molar refractivity (Wildman–Crippen MR) is 147 cm³/mol. The number of fused-ring (bicyclic) bond motifs is 1. The van der Waals surface area contributed by atoms with Crippen molar-refractivity contribution in [2.24, 2.45) is 17.8 Å². The van der Waals surface area contributed by atoms with E-state index < -0.39 is 9.84 Å². The van der Waals surface area contributed by atoms with E-state index in [0.717, 1.165) is 36.5 Å². The number of sulfone groups is 1. The van der Waals surface area contributed by atoms with Crippen LogP contribution in [0.2, 0.25) is 0 Å². The van der Waals surface area contributed by atoms with Crippen LogP contribution in [-0.4, -0.2) is 52.3 Å². The Kier molecular flexibility index (Phi) is 6.66. The lowest BCUT2D eigenvalue weighted by Crippen LogP contribution is -2.54. The molecule has 4 nitrogen and oxygen atoms in total. The van der Waals surface area contributed by atoms with Crippen molar-refractivity contribution in [1.29, 1.82) is 0 Å². The van der Waals surface area contributed by atoms with Gasteiger partial charge in [0.15, 0.2) is 9.84 Å². The van der Waals surface area contributed by atoms with Crippen LogP contribution in [0.5, 0.6) is 0 Å². The number of anilines is 1. The van der Waals surface area contributed by atoms with Crippen LogP contribution in [0, 0.1) is 17.8 Å². The summed E-state index contributed by atoms with van der Waals surface area (Å²) in [7, 11) is -3.13. The van der Waals surface area contributed by atoms with Gasteiger partial charge in [-0.3, -0.25) is 0 Å². The third-order valence-electron chi connectivity index (χ3n) is 10.1. The van der Waals surface area contributed by atoms with Gasteiger partial charge in [-0.1, -0.05) is 37.1 Å². The standard InChI is InChI=1S/C31H42N2O2S/c1-36(34,35)29-14-12-28(13-15-29)33-22-24(23-33)21-32-19-16-27(17-20-32)31(26-9-3-4-10-26)18-6-8-25-7-2-5-11-30(25)31/h2,5,7,11-15,24,26-27H,3-4,6,8-10,16-23H2,1H3. The first-order valence-corrected chi connectivity index (χ1v) is 16.2. The molecule has 1 saturated carbocycles. The van der Waals surface area contributed by atoms with E-state index in [1.54, 1.807) is 23.3 Å². The van der Waals surface area contributed by atoms with Crippen LogP contribution in [0.1, 0.15) is 62.5 Å². The topological polar surface area (TPSA) is 40.6 Å². The highest BCUT2D eigenvalue weighted by atomic mass is 32.2. The molecule has 6 rings (SSSR count). The molecule has 2 aliphatic heterocycles. The number of hydrogen-bond acceptors (Lipinski definition) is 4. The molecule has 2 saturated heterocycles. The first-order chi connectivity index (χ1) is 17.4. The largest absolute Gasteiger partial charge is 0.371 e. The van der Waals surface area contributed by atoms with E-state index in [2.05, 4.69) is 34.1 Å². The zero-order valence-corrected chi connectivity index (χ0v) is 22.7. The number of benzene rings is 2. The first-order valence-electron chi connectivity index (χ1n) is 14.3. The molecule has 0 radical (unpaired) electrons. The summed E-state index contributed by atoms with van der Waals surface area (Å²) in [5.74, 6) is 2.45. The molecule has 0 N–H and O–H groups in total. The van der Waals surface area contributed by atoms with Gasteiger partial charge >= 0.3 is 0 Å². The summed E-state index contributed by atoms with van der Waals surface area (Å²) in [4.78, 5) is 5.53. The SMILES string of the molecule is CS(=O)(=O)c1ccc(N2CC(CN3CCC(C4(C5CCCC5)CCCc5ccccc54)CC3)C2)cc1. The number of hydrogen-bond donors (Lipinski definition) is 0. The van der Waals surface area contributed by atoms with Crippen LogP contribution in [0.15, 0.2) is 53.4 Å². The lowest BCUT2D eigenvalue weighted by Gasteiger charge is -2.52. The molecule has 4 aliphatic rings. The van der Waals surface area contributed by atoms with E-state index in [4.69, 9.17) is 0 Å². The van der Waals surface area contributed by atoms with Gasteiger partial charge in [0.05, 0.1) is 4.90 Å². The molecule has 0 spiro atoms. The number of aryl methyl sites for hydroxylation is 1. The lowest BCUT2D eigenvalue weighted by atomic mass is 9.54. The smallest absolute Gasteiger partial charge is 0.175 e. The second kappa shape index (κ2) is 9.79. The van der Waals surface area contributed by atoms with Gasteiger partial charge in [-0.25, -0.2) is 8.42 Å². The van der Waals surface area contributed by atoms with Crippen molar-refractivity contribution < 1.29 is 8.42 Å². The van der Waals surface area contributed by atoms with Gasteiger partial charge in [0.2, 0.25) is 0 Å². The third-order valence-corrected chi connectivity index (χ3v) is 11.2. The monoisotopic (exact) mass is 506 g/mol. The summed E-state index contributed by atoms with van der Waals surface area (Å²) in [5, 5.41) is 0. The highest BCUT2D eigenvalue weighted by Crippen LogP contribution is 2.55. The molecule has 0 aromatic heterocycles. The Morgan fingerprint density at radius 2 is 1.53 bits per heavy atom. The molecule has 1 unspecified atom stereocenters. The van der Waals surface area contributed by atoms with Crippen LogP contribution in [0.4, 0.5) is 5.69 Å². The molecule has 2 aliphatic carbocycles. The maximum Gasteiger partial charge on any atom is 0.175 e. The summed E-state index contributed by atoms with van der Waals surface area (Å²) < 4.78 is 23.5. The summed E-state index contributed by atoms with van der Waals surface area (Å²) >= 11 is 0. The van der Waals surface area contributed by atoms with Crippen molar-refractivity contribution in [3.8, 4) is 0 Å². The van der Waals surface area contributed by atoms with Gasteiger partial charge in [-0.2, -0.15) is 0 Å². The Labute approximate surface area is 218 Å². The Morgan fingerprint density at radius 1 is 0.861 bits per heavy atom. The minimum absolute atomic E-state index is 0.405. The normalized spacial score (nSPS) is 26.6. The van der Waals surface area contributed by atoms with Gasteiger partial charge in [0.25, 0.3) is 0 Å². The average molecular weight is 507 g/mol. The number of nitrogens with zero attached hydrogens (tertiary/aromatic N) is 2. The number of piperidine rings is 1. The molecule has 0 bridgehead atoms. The molecule has 194 valence electrons. The zero-order chi connectivity index (χ0) is 24.8. The maximum absolute atomic E-state index is 11.7. The van der Waals surface area contributed by atoms with Gasteiger partial charge in [0, 0.05) is 42.9 Å². The quantitative estimate of drug-likeness (QED) is 0.504. The zero-order valence-electron chi connectivity index (χ0n) is 21.9. The van der Waals surface area contributed by atoms with Crippen LogP contribution in [-0.2, 0) is 21.7 Å². The fourth-order valence-corrected chi connectivity index (χ4v) is 8.95. The minimum atomic E-state index is -3.13. The fourth-order valence-electron chi connectivity index (χ4n) is 8.32. The molecule has 3 fully saturated rings. The van der Waals surface area contributed by atoms with Crippen LogP contribution in [0.3, 0.4) is 0 Å². The van der Waals surface area contributed by atoms with E-state index >= 15 is 0 Å². The van der Waals surface area contributed by atoms with Crippen LogP contribution < -0.4 is 4.90 Å². The fraction of sp³-hybridized carbons (Fsp3) is 0.613. The van der Waals surface area contributed by atoms with Crippen LogP contribution in [0.25, 0.3) is 0 Å². The van der Waals surface area contributed by atoms with Gasteiger partial charge in [-0.05, 0) is 105 Å². The predicted octanol–water partition coefficient (Wildman–Crippen LogP) is 5.70. The van der Waals surface area contributed by atoms with Crippen molar-refractivity contribution >= 4 is 15.5 Å². The Hall–Kier alpha value is -1.85. The third kappa shape index (κ3) is 4.51. The van der Waals surface area contributed by atoms with Gasteiger partial charge in [-0.15, -0.1) is 0 Å². The molecule has 36 heavy (non-hydrogen) atoms. The summed E-state index contributed by atoms with van der Waals surface area (Å²) in [5.41, 5.74) is 4.96. The first kappa shape index (κ1) is 24.5. The molecule has 1 atom stereocenters. The molecule has 0 amide bonds. The van der Waals surface area contributed by atoms with E-state index in [1.807, 2.05) is 12.1 Å². The number of rotatable bonds is 6. The van der Waals surface area contributed by atoms with Gasteiger partial charge < -0.3 is 9.80 Å². The summed E-state index contributed by atoms with van der Waals surface area (Å²) in [6.07, 6.45) is 13.8. The maximum atomic E-state index is 11.7. The molecular weight excluding hydrogens is 464 g/mol.